The molecule has 1 N–H and O–H groups in total. The normalized spacial score (nSPS) is 12.8. The predicted molar refractivity (Wildman–Crippen MR) is 123 cm³/mol. The van der Waals surface area contributed by atoms with Crippen LogP contribution in [0.2, 0.25) is 0 Å². The molecule has 1 aliphatic heterocycles. The van der Waals surface area contributed by atoms with Gasteiger partial charge in [0.25, 0.3) is 11.8 Å². The summed E-state index contributed by atoms with van der Waals surface area (Å²) >= 11 is 0. The Hall–Kier alpha value is -3.73. The highest BCUT2D eigenvalue weighted by Crippen LogP contribution is 2.24. The van der Waals surface area contributed by atoms with Gasteiger partial charge in [-0.25, -0.2) is 0 Å². The fourth-order valence-corrected chi connectivity index (χ4v) is 4.06. The summed E-state index contributed by atoms with van der Waals surface area (Å²) in [6.07, 6.45) is 2.55. The number of nitrogens with zero attached hydrogens (tertiary/aromatic N) is 1. The summed E-state index contributed by atoms with van der Waals surface area (Å²) < 4.78 is 0. The van der Waals surface area contributed by atoms with Crippen LogP contribution >= 0.6 is 0 Å². The fraction of sp³-hybridized carbons (Fsp3) is 0.222. The van der Waals surface area contributed by atoms with Crippen LogP contribution in [0.5, 0.6) is 0 Å². The number of nitrogens with one attached hydrogen (secondary N) is 1. The van der Waals surface area contributed by atoms with Crippen molar-refractivity contribution in [3.8, 4) is 0 Å². The van der Waals surface area contributed by atoms with Gasteiger partial charge in [0.1, 0.15) is 0 Å². The van der Waals surface area contributed by atoms with Gasteiger partial charge in [-0.1, -0.05) is 79.2 Å². The maximum Gasteiger partial charge on any atom is 0.261 e. The predicted octanol–water partition coefficient (Wildman–Crippen LogP) is 4.75. The molecule has 0 bridgehead atoms. The average molecular weight is 427 g/mol. The Labute approximate surface area is 188 Å². The molecule has 3 aromatic carbocycles. The zero-order valence-electron chi connectivity index (χ0n) is 17.9. The number of hydrogen-bond acceptors (Lipinski definition) is 3. The molecule has 3 amide bonds. The van der Waals surface area contributed by atoms with Crippen molar-refractivity contribution in [2.75, 3.05) is 6.54 Å². The molecular formula is C27H26N2O3. The maximum atomic E-state index is 12.6. The Bertz CT molecular complexity index is 1020. The van der Waals surface area contributed by atoms with Gasteiger partial charge in [-0.15, -0.1) is 0 Å². The van der Waals surface area contributed by atoms with Crippen molar-refractivity contribution in [3.63, 3.8) is 0 Å². The molecule has 0 atom stereocenters. The van der Waals surface area contributed by atoms with Gasteiger partial charge < -0.3 is 5.32 Å². The van der Waals surface area contributed by atoms with Gasteiger partial charge in [-0.2, -0.15) is 0 Å². The van der Waals surface area contributed by atoms with Crippen LogP contribution in [0.3, 0.4) is 0 Å². The molecule has 0 saturated heterocycles. The molecule has 32 heavy (non-hydrogen) atoms. The highest BCUT2D eigenvalue weighted by Gasteiger charge is 2.34. The Kier molecular flexibility index (Phi) is 6.75. The molecule has 5 heteroatoms. The van der Waals surface area contributed by atoms with E-state index >= 15 is 0 Å². The molecule has 4 rings (SSSR count). The van der Waals surface area contributed by atoms with Crippen molar-refractivity contribution in [2.45, 2.75) is 31.7 Å². The molecule has 1 heterocycles. The van der Waals surface area contributed by atoms with Gasteiger partial charge in [-0.05, 0) is 36.1 Å². The van der Waals surface area contributed by atoms with Crippen molar-refractivity contribution >= 4 is 17.7 Å². The summed E-state index contributed by atoms with van der Waals surface area (Å²) in [6.45, 7) is 0.380. The van der Waals surface area contributed by atoms with Crippen LogP contribution < -0.4 is 5.32 Å². The number of carbonyl (C=O) groups excluding carboxylic acids is 3. The van der Waals surface area contributed by atoms with Crippen LogP contribution in [-0.2, 0) is 4.79 Å². The third kappa shape index (κ3) is 4.78. The maximum absolute atomic E-state index is 12.6. The standard InChI is InChI=1S/C27H26N2O3/c30-24(28-25(20-12-4-1-5-13-20)21-14-6-2-7-15-21)18-8-3-11-19-29-26(31)22-16-9-10-17-23(22)27(29)32/h1-2,4-7,9-10,12-17,25H,3,8,11,18-19H2,(H,28,30). The second-order valence-corrected chi connectivity index (χ2v) is 7.94. The lowest BCUT2D eigenvalue weighted by molar-refractivity contribution is -0.121. The number of imide groups is 1. The smallest absolute Gasteiger partial charge is 0.261 e. The van der Waals surface area contributed by atoms with E-state index in [9.17, 15) is 14.4 Å². The van der Waals surface area contributed by atoms with Crippen LogP contribution in [0.4, 0.5) is 0 Å². The zero-order chi connectivity index (χ0) is 22.3. The molecule has 1 aliphatic rings. The summed E-state index contributed by atoms with van der Waals surface area (Å²) in [5.41, 5.74) is 3.03. The minimum Gasteiger partial charge on any atom is -0.345 e. The van der Waals surface area contributed by atoms with E-state index in [1.165, 1.54) is 4.90 Å². The van der Waals surface area contributed by atoms with Crippen LogP contribution in [0.1, 0.15) is 63.6 Å². The molecule has 0 aromatic heterocycles. The first kappa shape index (κ1) is 21.5. The van der Waals surface area contributed by atoms with E-state index in [4.69, 9.17) is 0 Å². The van der Waals surface area contributed by atoms with E-state index < -0.39 is 0 Å². The lowest BCUT2D eigenvalue weighted by atomic mass is 9.98. The number of fused-ring (bicyclic) bond motifs is 1. The molecule has 0 aliphatic carbocycles. The summed E-state index contributed by atoms with van der Waals surface area (Å²) in [4.78, 5) is 38.8. The molecule has 0 spiro atoms. The van der Waals surface area contributed by atoms with E-state index in [0.717, 1.165) is 17.5 Å². The van der Waals surface area contributed by atoms with Crippen LogP contribution in [0, 0.1) is 0 Å². The van der Waals surface area contributed by atoms with E-state index in [-0.39, 0.29) is 23.8 Å². The van der Waals surface area contributed by atoms with Crippen LogP contribution in [0.15, 0.2) is 84.9 Å². The van der Waals surface area contributed by atoms with E-state index in [2.05, 4.69) is 5.32 Å². The molecular weight excluding hydrogens is 400 g/mol. The van der Waals surface area contributed by atoms with E-state index in [0.29, 0.717) is 36.9 Å². The van der Waals surface area contributed by atoms with Gasteiger partial charge in [-0.3, -0.25) is 19.3 Å². The van der Waals surface area contributed by atoms with Crippen LogP contribution in [0.25, 0.3) is 0 Å². The summed E-state index contributed by atoms with van der Waals surface area (Å²) in [5, 5.41) is 3.15. The summed E-state index contributed by atoms with van der Waals surface area (Å²) in [6, 6.07) is 26.6. The van der Waals surface area contributed by atoms with Gasteiger partial charge >= 0.3 is 0 Å². The van der Waals surface area contributed by atoms with E-state index in [1.807, 2.05) is 60.7 Å². The fourth-order valence-electron chi connectivity index (χ4n) is 4.06. The Morgan fingerprint density at radius 3 is 1.72 bits per heavy atom. The van der Waals surface area contributed by atoms with Gasteiger partial charge in [0.15, 0.2) is 0 Å². The highest BCUT2D eigenvalue weighted by molar-refractivity contribution is 6.21. The topological polar surface area (TPSA) is 66.5 Å². The van der Waals surface area contributed by atoms with Crippen LogP contribution in [-0.4, -0.2) is 29.2 Å². The first-order valence-corrected chi connectivity index (χ1v) is 11.0. The summed E-state index contributed by atoms with van der Waals surface area (Å²) in [7, 11) is 0. The Balaban J connectivity index is 1.26. The van der Waals surface area contributed by atoms with Crippen molar-refractivity contribution in [1.29, 1.82) is 0 Å². The lowest BCUT2D eigenvalue weighted by Gasteiger charge is -2.20. The third-order valence-electron chi connectivity index (χ3n) is 5.73. The van der Waals surface area contributed by atoms with Crippen molar-refractivity contribution in [3.05, 3.63) is 107 Å². The molecule has 0 unspecified atom stereocenters. The minimum absolute atomic E-state index is 0.0107. The second-order valence-electron chi connectivity index (χ2n) is 7.94. The average Bonchev–Trinajstić information content (AvgIpc) is 3.08. The minimum atomic E-state index is -0.225. The Morgan fingerprint density at radius 2 is 1.19 bits per heavy atom. The number of hydrogen-bond donors (Lipinski definition) is 1. The highest BCUT2D eigenvalue weighted by atomic mass is 16.2. The number of rotatable bonds is 9. The lowest BCUT2D eigenvalue weighted by Crippen LogP contribution is -2.31. The van der Waals surface area contributed by atoms with Crippen molar-refractivity contribution < 1.29 is 14.4 Å². The molecule has 0 fully saturated rings. The molecule has 3 aromatic rings. The third-order valence-corrected chi connectivity index (χ3v) is 5.73. The van der Waals surface area contributed by atoms with E-state index in [1.54, 1.807) is 24.3 Å². The molecule has 5 nitrogen and oxygen atoms in total. The van der Waals surface area contributed by atoms with Gasteiger partial charge in [0.05, 0.1) is 17.2 Å². The molecule has 0 saturated carbocycles. The number of amides is 3. The van der Waals surface area contributed by atoms with Crippen molar-refractivity contribution in [2.24, 2.45) is 0 Å². The quantitative estimate of drug-likeness (QED) is 0.397. The molecule has 0 radical (unpaired) electrons. The zero-order valence-corrected chi connectivity index (χ0v) is 17.9. The summed E-state index contributed by atoms with van der Waals surface area (Å²) in [5.74, 6) is -0.461. The molecule has 162 valence electrons. The number of unbranched alkanes of at least 4 members (excludes halogenated alkanes) is 2. The number of carbonyl (C=O) groups is 3. The first-order chi connectivity index (χ1) is 15.6. The largest absolute Gasteiger partial charge is 0.345 e. The SMILES string of the molecule is O=C(CCCCCN1C(=O)c2ccccc2C1=O)NC(c1ccccc1)c1ccccc1. The van der Waals surface area contributed by atoms with Gasteiger partial charge in [0.2, 0.25) is 5.91 Å². The van der Waals surface area contributed by atoms with Gasteiger partial charge in [0, 0.05) is 13.0 Å². The monoisotopic (exact) mass is 426 g/mol. The first-order valence-electron chi connectivity index (χ1n) is 11.0. The van der Waals surface area contributed by atoms with Crippen molar-refractivity contribution in [1.82, 2.24) is 10.2 Å². The Morgan fingerprint density at radius 1 is 0.688 bits per heavy atom. The number of benzene rings is 3. The second kappa shape index (κ2) is 10.1.